The van der Waals surface area contributed by atoms with Crippen LogP contribution >= 0.6 is 50.5 Å². The van der Waals surface area contributed by atoms with Crippen molar-refractivity contribution in [1.82, 2.24) is 0 Å². The third kappa shape index (κ3) is 13.9. The van der Waals surface area contributed by atoms with Gasteiger partial charge in [-0.05, 0) is 12.2 Å². The van der Waals surface area contributed by atoms with Gasteiger partial charge in [-0.1, -0.05) is 0 Å². The number of hydrogen-bond acceptors (Lipinski definition) is 11. The third-order valence-electron chi connectivity index (χ3n) is 3.42. The first kappa shape index (κ1) is 27.8. The van der Waals surface area contributed by atoms with Crippen LogP contribution in [0.2, 0.25) is 0 Å². The highest BCUT2D eigenvalue weighted by Crippen LogP contribution is 2.22. The Kier molecular flexibility index (Phi) is 17.5. The highest BCUT2D eigenvalue weighted by Gasteiger charge is 2.36. The Morgan fingerprint density at radius 3 is 1.32 bits per heavy atom. The molecular weight excluding hydrogens is 444 g/mol. The average Bonchev–Trinajstić information content (AvgIpc) is 2.67. The van der Waals surface area contributed by atoms with E-state index < -0.39 is 23.3 Å². The summed E-state index contributed by atoms with van der Waals surface area (Å²) in [5, 5.41) is 0. The number of ether oxygens (including phenoxy) is 4. The van der Waals surface area contributed by atoms with Crippen LogP contribution < -0.4 is 0 Å². The van der Waals surface area contributed by atoms with E-state index in [1.807, 2.05) is 0 Å². The van der Waals surface area contributed by atoms with Crippen LogP contribution in [0.4, 0.5) is 0 Å². The Morgan fingerprint density at radius 1 is 0.607 bits per heavy atom. The lowest BCUT2D eigenvalue weighted by atomic mass is 9.92. The summed E-state index contributed by atoms with van der Waals surface area (Å²) < 4.78 is 21.5. The van der Waals surface area contributed by atoms with Crippen molar-refractivity contribution in [2.45, 2.75) is 25.7 Å². The molecule has 0 aromatic heterocycles. The molecule has 0 aliphatic rings. The standard InChI is InChI=1S/C17H30O7S4/c18-14(2-7-26)22-11-17(10-21-5-1-6-25,12-23-15(19)3-8-27)13-24-16(20)4-9-28/h25-28H,1-13H2. The van der Waals surface area contributed by atoms with E-state index in [2.05, 4.69) is 50.5 Å². The van der Waals surface area contributed by atoms with Crippen LogP contribution in [-0.2, 0) is 33.3 Å². The van der Waals surface area contributed by atoms with Gasteiger partial charge in [-0.15, -0.1) is 0 Å². The van der Waals surface area contributed by atoms with Crippen LogP contribution in [0, 0.1) is 5.41 Å². The van der Waals surface area contributed by atoms with E-state index in [1.165, 1.54) is 0 Å². The highest BCUT2D eigenvalue weighted by atomic mass is 32.1. The van der Waals surface area contributed by atoms with Crippen molar-refractivity contribution in [3.63, 3.8) is 0 Å². The van der Waals surface area contributed by atoms with Gasteiger partial charge in [0, 0.05) is 23.9 Å². The Labute approximate surface area is 188 Å². The topological polar surface area (TPSA) is 88.1 Å². The normalized spacial score (nSPS) is 11.1. The molecule has 0 aromatic carbocycles. The summed E-state index contributed by atoms with van der Waals surface area (Å²) in [5.74, 6) is 0.348. The van der Waals surface area contributed by atoms with Crippen molar-refractivity contribution < 1.29 is 33.3 Å². The van der Waals surface area contributed by atoms with E-state index in [4.69, 9.17) is 18.9 Å². The second-order valence-electron chi connectivity index (χ2n) is 6.03. The van der Waals surface area contributed by atoms with Crippen molar-refractivity contribution in [3.8, 4) is 0 Å². The summed E-state index contributed by atoms with van der Waals surface area (Å²) in [7, 11) is 0. The first-order valence-electron chi connectivity index (χ1n) is 8.91. The molecule has 28 heavy (non-hydrogen) atoms. The van der Waals surface area contributed by atoms with Gasteiger partial charge in [0.2, 0.25) is 0 Å². The van der Waals surface area contributed by atoms with E-state index in [0.29, 0.717) is 29.6 Å². The minimum Gasteiger partial charge on any atom is -0.465 e. The summed E-state index contributed by atoms with van der Waals surface area (Å²) in [4.78, 5) is 35.4. The van der Waals surface area contributed by atoms with Crippen molar-refractivity contribution in [1.29, 1.82) is 0 Å². The predicted molar refractivity (Wildman–Crippen MR) is 120 cm³/mol. The largest absolute Gasteiger partial charge is 0.465 e. The first-order chi connectivity index (χ1) is 13.4. The zero-order valence-corrected chi connectivity index (χ0v) is 19.4. The van der Waals surface area contributed by atoms with Crippen LogP contribution in [0.1, 0.15) is 25.7 Å². The molecule has 0 heterocycles. The van der Waals surface area contributed by atoms with E-state index in [1.54, 1.807) is 0 Å². The maximum absolute atomic E-state index is 11.8. The first-order valence-corrected chi connectivity index (χ1v) is 11.4. The molecule has 0 rings (SSSR count). The molecule has 7 nitrogen and oxygen atoms in total. The summed E-state index contributed by atoms with van der Waals surface area (Å²) in [5.41, 5.74) is -1.01. The van der Waals surface area contributed by atoms with Crippen LogP contribution in [0.5, 0.6) is 0 Å². The molecule has 0 amide bonds. The van der Waals surface area contributed by atoms with Crippen LogP contribution in [-0.4, -0.2) is 74.0 Å². The van der Waals surface area contributed by atoms with E-state index in [9.17, 15) is 14.4 Å². The molecule has 0 spiro atoms. The third-order valence-corrected chi connectivity index (χ3v) is 4.41. The van der Waals surface area contributed by atoms with Crippen molar-refractivity contribution in [2.75, 3.05) is 56.0 Å². The Bertz CT molecular complexity index is 408. The fourth-order valence-electron chi connectivity index (χ4n) is 1.90. The molecule has 0 atom stereocenters. The Hall–Kier alpha value is -0.230. The molecule has 0 aliphatic carbocycles. The molecule has 0 aliphatic heterocycles. The van der Waals surface area contributed by atoms with Gasteiger partial charge in [0.25, 0.3) is 0 Å². The predicted octanol–water partition coefficient (Wildman–Crippen LogP) is 1.90. The second-order valence-corrected chi connectivity index (χ2v) is 7.82. The number of hydrogen-bond donors (Lipinski definition) is 4. The SMILES string of the molecule is O=C(CCS)OCC(COCCCS)(COC(=O)CCS)COC(=O)CCS. The van der Waals surface area contributed by atoms with Crippen LogP contribution in [0.15, 0.2) is 0 Å². The van der Waals surface area contributed by atoms with Gasteiger partial charge in [0.1, 0.15) is 19.8 Å². The maximum atomic E-state index is 11.8. The molecular formula is C17H30O7S4. The maximum Gasteiger partial charge on any atom is 0.306 e. The summed E-state index contributed by atoms with van der Waals surface area (Å²) in [6.45, 7) is 0.136. The molecule has 0 N–H and O–H groups in total. The number of thiol groups is 4. The molecule has 0 saturated heterocycles. The minimum absolute atomic E-state index is 0.0806. The van der Waals surface area contributed by atoms with E-state index in [0.717, 1.165) is 6.42 Å². The van der Waals surface area contributed by atoms with Gasteiger partial charge in [0.15, 0.2) is 0 Å². The molecule has 164 valence electrons. The number of esters is 3. The molecule has 0 radical (unpaired) electrons. The quantitative estimate of drug-likeness (QED) is 0.111. The molecule has 0 aromatic rings. The molecule has 0 fully saturated rings. The van der Waals surface area contributed by atoms with E-state index in [-0.39, 0.29) is 45.7 Å². The van der Waals surface area contributed by atoms with Gasteiger partial charge in [-0.3, -0.25) is 14.4 Å². The molecule has 0 unspecified atom stereocenters. The minimum atomic E-state index is -1.01. The highest BCUT2D eigenvalue weighted by molar-refractivity contribution is 7.80. The summed E-state index contributed by atoms with van der Waals surface area (Å²) in [6, 6.07) is 0. The smallest absolute Gasteiger partial charge is 0.306 e. The van der Waals surface area contributed by atoms with Gasteiger partial charge in [-0.25, -0.2) is 0 Å². The number of carbonyl (C=O) groups excluding carboxylic acids is 3. The Balaban J connectivity index is 5.18. The van der Waals surface area contributed by atoms with Crippen molar-refractivity contribution in [3.05, 3.63) is 0 Å². The lowest BCUT2D eigenvalue weighted by Gasteiger charge is -2.32. The zero-order valence-electron chi connectivity index (χ0n) is 15.8. The number of carbonyl (C=O) groups is 3. The van der Waals surface area contributed by atoms with Crippen molar-refractivity contribution >= 4 is 68.4 Å². The summed E-state index contributed by atoms with van der Waals surface area (Å²) >= 11 is 16.1. The lowest BCUT2D eigenvalue weighted by molar-refractivity contribution is -0.166. The van der Waals surface area contributed by atoms with Gasteiger partial charge in [-0.2, -0.15) is 50.5 Å². The molecule has 11 heteroatoms. The fourth-order valence-corrected chi connectivity index (χ4v) is 2.57. The zero-order chi connectivity index (χ0) is 21.3. The summed E-state index contributed by atoms with van der Waals surface area (Å²) in [6.07, 6.45) is 1.13. The van der Waals surface area contributed by atoms with Gasteiger partial charge >= 0.3 is 17.9 Å². The monoisotopic (exact) mass is 474 g/mol. The Morgan fingerprint density at radius 2 is 1.00 bits per heavy atom. The van der Waals surface area contributed by atoms with Gasteiger partial charge in [0.05, 0.1) is 31.3 Å². The fraction of sp³-hybridized carbons (Fsp3) is 0.824. The van der Waals surface area contributed by atoms with E-state index >= 15 is 0 Å². The van der Waals surface area contributed by atoms with Crippen molar-refractivity contribution in [2.24, 2.45) is 5.41 Å². The molecule has 0 bridgehead atoms. The average molecular weight is 475 g/mol. The van der Waals surface area contributed by atoms with Crippen LogP contribution in [0.25, 0.3) is 0 Å². The lowest BCUT2D eigenvalue weighted by Crippen LogP contribution is -2.43. The molecule has 0 saturated carbocycles. The van der Waals surface area contributed by atoms with Crippen LogP contribution in [0.3, 0.4) is 0 Å². The second kappa shape index (κ2) is 17.6. The number of rotatable bonds is 17. The van der Waals surface area contributed by atoms with Gasteiger partial charge < -0.3 is 18.9 Å².